The van der Waals surface area contributed by atoms with Crippen LogP contribution in [0.4, 0.5) is 0 Å². The minimum atomic E-state index is -0.0796. The summed E-state index contributed by atoms with van der Waals surface area (Å²) in [5, 5.41) is 6.61. The van der Waals surface area contributed by atoms with Gasteiger partial charge in [0, 0.05) is 19.8 Å². The fourth-order valence-electron chi connectivity index (χ4n) is 3.12. The van der Waals surface area contributed by atoms with Gasteiger partial charge in [0.2, 0.25) is 0 Å². The van der Waals surface area contributed by atoms with Gasteiger partial charge in [-0.15, -0.1) is 24.0 Å². The Bertz CT molecular complexity index is 1000. The Balaban J connectivity index is 0.00000289. The molecule has 0 saturated carbocycles. The molecule has 168 valence electrons. The molecular formula is C24H27IN4O3. The lowest BCUT2D eigenvalue weighted by atomic mass is 10.2. The maximum atomic E-state index is 5.97. The third kappa shape index (κ3) is 6.74. The highest BCUT2D eigenvalue weighted by molar-refractivity contribution is 14.0. The van der Waals surface area contributed by atoms with Gasteiger partial charge in [-0.25, -0.2) is 0 Å². The highest BCUT2D eigenvalue weighted by Crippen LogP contribution is 2.30. The molecule has 0 saturated heterocycles. The van der Waals surface area contributed by atoms with E-state index in [1.165, 1.54) is 0 Å². The van der Waals surface area contributed by atoms with Crippen molar-refractivity contribution in [3.8, 4) is 17.2 Å². The fraction of sp³-hybridized carbons (Fsp3) is 0.250. The SMILES string of the molecule is CN=C(NCc1ccc(OCc2ccccn2)cc1)NCC1COc2ccccc2O1.I. The number of fused-ring (bicyclic) bond motifs is 1. The minimum Gasteiger partial charge on any atom is -0.487 e. The molecule has 1 aliphatic rings. The van der Waals surface area contributed by atoms with Crippen LogP contribution in [0.5, 0.6) is 17.2 Å². The van der Waals surface area contributed by atoms with Gasteiger partial charge in [0.05, 0.1) is 12.2 Å². The zero-order valence-corrected chi connectivity index (χ0v) is 20.2. The Labute approximate surface area is 205 Å². The first-order valence-electron chi connectivity index (χ1n) is 10.2. The van der Waals surface area contributed by atoms with Gasteiger partial charge in [0.1, 0.15) is 25.1 Å². The number of hydrogen-bond donors (Lipinski definition) is 2. The van der Waals surface area contributed by atoms with Crippen molar-refractivity contribution in [3.63, 3.8) is 0 Å². The summed E-state index contributed by atoms with van der Waals surface area (Å²) < 4.78 is 17.5. The standard InChI is InChI=1S/C24H26N4O3.HI/c1-25-24(28-15-21-17-30-22-7-2-3-8-23(22)31-21)27-14-18-9-11-20(12-10-18)29-16-19-6-4-5-13-26-19;/h2-13,21H,14-17H2,1H3,(H2,25,27,28);1H. The number of hydrogen-bond acceptors (Lipinski definition) is 5. The number of nitrogens with zero attached hydrogens (tertiary/aromatic N) is 2. The minimum absolute atomic E-state index is 0. The predicted molar refractivity (Wildman–Crippen MR) is 135 cm³/mol. The summed E-state index contributed by atoms with van der Waals surface area (Å²) in [5.41, 5.74) is 2.03. The Morgan fingerprint density at radius 1 is 1.03 bits per heavy atom. The highest BCUT2D eigenvalue weighted by atomic mass is 127. The molecular weight excluding hydrogens is 519 g/mol. The second-order valence-electron chi connectivity index (χ2n) is 7.06. The maximum absolute atomic E-state index is 5.97. The first-order valence-corrected chi connectivity index (χ1v) is 10.2. The molecule has 0 aliphatic carbocycles. The van der Waals surface area contributed by atoms with Crippen LogP contribution in [-0.4, -0.2) is 37.2 Å². The third-order valence-corrected chi connectivity index (χ3v) is 4.78. The van der Waals surface area contributed by atoms with E-state index in [1.54, 1.807) is 13.2 Å². The lowest BCUT2D eigenvalue weighted by molar-refractivity contribution is 0.0936. The Morgan fingerprint density at radius 2 is 1.81 bits per heavy atom. The maximum Gasteiger partial charge on any atom is 0.191 e. The molecule has 3 aromatic rings. The Hall–Kier alpha value is -3.01. The quantitative estimate of drug-likeness (QED) is 0.267. The molecule has 0 radical (unpaired) electrons. The molecule has 0 spiro atoms. The van der Waals surface area contributed by atoms with Crippen LogP contribution >= 0.6 is 24.0 Å². The predicted octanol–water partition coefficient (Wildman–Crippen LogP) is 3.78. The Morgan fingerprint density at radius 3 is 2.56 bits per heavy atom. The summed E-state index contributed by atoms with van der Waals surface area (Å²) in [6.07, 6.45) is 1.68. The van der Waals surface area contributed by atoms with E-state index in [1.807, 2.05) is 66.7 Å². The monoisotopic (exact) mass is 546 g/mol. The molecule has 4 rings (SSSR count). The molecule has 7 nitrogen and oxygen atoms in total. The van der Waals surface area contributed by atoms with Gasteiger partial charge in [0.15, 0.2) is 17.5 Å². The lowest BCUT2D eigenvalue weighted by Crippen LogP contribution is -2.45. The van der Waals surface area contributed by atoms with Gasteiger partial charge in [0.25, 0.3) is 0 Å². The number of halogens is 1. The van der Waals surface area contributed by atoms with Crippen LogP contribution in [0.2, 0.25) is 0 Å². The van der Waals surface area contributed by atoms with Gasteiger partial charge in [-0.1, -0.05) is 30.3 Å². The Kier molecular flexibility index (Phi) is 8.97. The summed E-state index contributed by atoms with van der Waals surface area (Å²) in [7, 11) is 1.75. The van der Waals surface area contributed by atoms with Crippen LogP contribution in [0.1, 0.15) is 11.3 Å². The van der Waals surface area contributed by atoms with Gasteiger partial charge in [-0.2, -0.15) is 0 Å². The zero-order chi connectivity index (χ0) is 21.3. The van der Waals surface area contributed by atoms with E-state index in [-0.39, 0.29) is 30.1 Å². The number of ether oxygens (including phenoxy) is 3. The van der Waals surface area contributed by atoms with E-state index in [4.69, 9.17) is 14.2 Å². The average molecular weight is 546 g/mol. The van der Waals surface area contributed by atoms with Crippen LogP contribution in [-0.2, 0) is 13.2 Å². The van der Waals surface area contributed by atoms with E-state index < -0.39 is 0 Å². The van der Waals surface area contributed by atoms with E-state index >= 15 is 0 Å². The average Bonchev–Trinajstić information content (AvgIpc) is 2.84. The zero-order valence-electron chi connectivity index (χ0n) is 17.9. The topological polar surface area (TPSA) is 77.0 Å². The first-order chi connectivity index (χ1) is 15.3. The van der Waals surface area contributed by atoms with Gasteiger partial charge in [-0.05, 0) is 42.0 Å². The van der Waals surface area contributed by atoms with E-state index in [2.05, 4.69) is 20.6 Å². The van der Waals surface area contributed by atoms with Crippen molar-refractivity contribution < 1.29 is 14.2 Å². The summed E-state index contributed by atoms with van der Waals surface area (Å²) in [4.78, 5) is 8.54. The molecule has 1 atom stereocenters. The van der Waals surface area contributed by atoms with Crippen LogP contribution in [0.25, 0.3) is 0 Å². The lowest BCUT2D eigenvalue weighted by Gasteiger charge is -2.27. The molecule has 1 unspecified atom stereocenters. The van der Waals surface area contributed by atoms with Crippen molar-refractivity contribution in [2.75, 3.05) is 20.2 Å². The number of aliphatic imine (C=N–C) groups is 1. The van der Waals surface area contributed by atoms with Gasteiger partial charge >= 0.3 is 0 Å². The summed E-state index contributed by atoms with van der Waals surface area (Å²) in [6, 6.07) is 21.5. The smallest absolute Gasteiger partial charge is 0.191 e. The summed E-state index contributed by atoms with van der Waals surface area (Å²) in [6.45, 7) is 2.19. The molecule has 1 aromatic heterocycles. The normalized spacial score (nSPS) is 14.8. The first kappa shape index (κ1) is 23.6. The fourth-order valence-corrected chi connectivity index (χ4v) is 3.12. The molecule has 0 bridgehead atoms. The molecule has 32 heavy (non-hydrogen) atoms. The number of benzene rings is 2. The van der Waals surface area contributed by atoms with Crippen LogP contribution in [0.3, 0.4) is 0 Å². The summed E-state index contributed by atoms with van der Waals surface area (Å²) >= 11 is 0. The molecule has 2 aromatic carbocycles. The molecule has 1 aliphatic heterocycles. The van der Waals surface area contributed by atoms with Crippen LogP contribution in [0.15, 0.2) is 77.9 Å². The molecule has 8 heteroatoms. The molecule has 2 heterocycles. The van der Waals surface area contributed by atoms with Crippen molar-refractivity contribution >= 4 is 29.9 Å². The number of pyridine rings is 1. The number of rotatable bonds is 7. The number of aromatic nitrogens is 1. The molecule has 0 fully saturated rings. The second kappa shape index (κ2) is 12.1. The highest BCUT2D eigenvalue weighted by Gasteiger charge is 2.20. The van der Waals surface area contributed by atoms with Crippen molar-refractivity contribution in [1.29, 1.82) is 0 Å². The number of guanidine groups is 1. The van der Waals surface area contributed by atoms with Gasteiger partial charge in [-0.3, -0.25) is 9.98 Å². The molecule has 0 amide bonds. The van der Waals surface area contributed by atoms with Crippen LogP contribution in [0, 0.1) is 0 Å². The van der Waals surface area contributed by atoms with Crippen molar-refractivity contribution in [2.45, 2.75) is 19.3 Å². The van der Waals surface area contributed by atoms with Gasteiger partial charge < -0.3 is 24.8 Å². The van der Waals surface area contributed by atoms with E-state index in [9.17, 15) is 0 Å². The largest absolute Gasteiger partial charge is 0.487 e. The van der Waals surface area contributed by atoms with Crippen molar-refractivity contribution in [3.05, 3.63) is 84.2 Å². The third-order valence-electron chi connectivity index (χ3n) is 4.78. The van der Waals surface area contributed by atoms with Crippen LogP contribution < -0.4 is 24.8 Å². The second-order valence-corrected chi connectivity index (χ2v) is 7.06. The van der Waals surface area contributed by atoms with E-state index in [0.29, 0.717) is 32.3 Å². The number of para-hydroxylation sites is 2. The number of nitrogens with one attached hydrogen (secondary N) is 2. The van der Waals surface area contributed by atoms with Crippen molar-refractivity contribution in [1.82, 2.24) is 15.6 Å². The molecule has 2 N–H and O–H groups in total. The van der Waals surface area contributed by atoms with Crippen molar-refractivity contribution in [2.24, 2.45) is 4.99 Å². The summed E-state index contributed by atoms with van der Waals surface area (Å²) in [5.74, 6) is 3.08. The van der Waals surface area contributed by atoms with E-state index in [0.717, 1.165) is 28.5 Å².